The van der Waals surface area contributed by atoms with Crippen molar-refractivity contribution in [2.45, 2.75) is 19.9 Å². The maximum absolute atomic E-state index is 5.72. The van der Waals surface area contributed by atoms with Gasteiger partial charge in [-0.2, -0.15) is 9.97 Å². The number of aromatic nitrogens is 2. The second kappa shape index (κ2) is 6.56. The van der Waals surface area contributed by atoms with E-state index >= 15 is 0 Å². The molecule has 0 saturated heterocycles. The highest BCUT2D eigenvalue weighted by Gasteiger charge is 2.08. The first-order chi connectivity index (χ1) is 9.58. The Kier molecular flexibility index (Phi) is 4.79. The van der Waals surface area contributed by atoms with Crippen molar-refractivity contribution in [3.05, 3.63) is 40.4 Å². The van der Waals surface area contributed by atoms with Crippen LogP contribution in [0.4, 0.5) is 17.6 Å². The first kappa shape index (κ1) is 14.6. The van der Waals surface area contributed by atoms with Crippen LogP contribution in [-0.2, 0) is 0 Å². The van der Waals surface area contributed by atoms with E-state index in [0.717, 1.165) is 16.8 Å². The van der Waals surface area contributed by atoms with Gasteiger partial charge in [0, 0.05) is 23.1 Å². The lowest BCUT2D eigenvalue weighted by Gasteiger charge is -2.16. The number of hydrogen-bond donors (Lipinski definition) is 3. The molecule has 1 aromatic heterocycles. The number of nitrogens with two attached hydrogens (primary N) is 1. The maximum atomic E-state index is 5.72. The molecule has 2 rings (SSSR count). The third-order valence-electron chi connectivity index (χ3n) is 2.81. The van der Waals surface area contributed by atoms with Gasteiger partial charge in [-0.15, -0.1) is 0 Å². The van der Waals surface area contributed by atoms with Crippen LogP contribution in [0.5, 0.6) is 0 Å². The topological polar surface area (TPSA) is 75.9 Å². The van der Waals surface area contributed by atoms with Crippen molar-refractivity contribution < 1.29 is 0 Å². The van der Waals surface area contributed by atoms with Crippen LogP contribution < -0.4 is 16.4 Å². The summed E-state index contributed by atoms with van der Waals surface area (Å²) in [4.78, 5) is 8.33. The maximum Gasteiger partial charge on any atom is 0.223 e. The Morgan fingerprint density at radius 3 is 2.70 bits per heavy atom. The number of benzene rings is 1. The molecular formula is C14H18BrN5. The lowest BCUT2D eigenvalue weighted by molar-refractivity contribution is 0.872. The number of hydrogen-bond acceptors (Lipinski definition) is 5. The standard InChI is InChI=1S/C14H18BrN5/c1-3-17-12-8-13(20-14(16)19-12)18-9(2)10-5-4-6-11(15)7-10/h4-9H,3H2,1-2H3,(H4,16,17,18,19,20). The minimum Gasteiger partial charge on any atom is -0.370 e. The molecule has 0 bridgehead atoms. The van der Waals surface area contributed by atoms with Crippen LogP contribution in [0.2, 0.25) is 0 Å². The van der Waals surface area contributed by atoms with Gasteiger partial charge in [0.05, 0.1) is 0 Å². The van der Waals surface area contributed by atoms with Gasteiger partial charge in [0.1, 0.15) is 11.6 Å². The Morgan fingerprint density at radius 2 is 2.00 bits per heavy atom. The summed E-state index contributed by atoms with van der Waals surface area (Å²) >= 11 is 3.48. The second-order valence-corrected chi connectivity index (χ2v) is 5.36. The fourth-order valence-corrected chi connectivity index (χ4v) is 2.31. The molecule has 0 fully saturated rings. The van der Waals surface area contributed by atoms with E-state index in [1.54, 1.807) is 0 Å². The Hall–Kier alpha value is -1.82. The summed E-state index contributed by atoms with van der Waals surface area (Å²) in [5.74, 6) is 1.69. The highest BCUT2D eigenvalue weighted by molar-refractivity contribution is 9.10. The average Bonchev–Trinajstić information content (AvgIpc) is 2.38. The van der Waals surface area contributed by atoms with Gasteiger partial charge in [-0.25, -0.2) is 0 Å². The smallest absolute Gasteiger partial charge is 0.223 e. The van der Waals surface area contributed by atoms with Crippen molar-refractivity contribution in [2.75, 3.05) is 22.9 Å². The van der Waals surface area contributed by atoms with Crippen LogP contribution >= 0.6 is 15.9 Å². The first-order valence-corrected chi connectivity index (χ1v) is 7.28. The minimum absolute atomic E-state index is 0.122. The van der Waals surface area contributed by atoms with Crippen LogP contribution in [0.25, 0.3) is 0 Å². The highest BCUT2D eigenvalue weighted by Crippen LogP contribution is 2.22. The summed E-state index contributed by atoms with van der Waals surface area (Å²) in [6, 6.07) is 10.1. The van der Waals surface area contributed by atoms with Gasteiger partial charge in [0.25, 0.3) is 0 Å². The Balaban J connectivity index is 2.16. The SMILES string of the molecule is CCNc1cc(NC(C)c2cccc(Br)c2)nc(N)n1. The van der Waals surface area contributed by atoms with Gasteiger partial charge in [-0.05, 0) is 31.5 Å². The normalized spacial score (nSPS) is 11.9. The van der Waals surface area contributed by atoms with Crippen LogP contribution in [0.1, 0.15) is 25.5 Å². The average molecular weight is 336 g/mol. The number of rotatable bonds is 5. The zero-order valence-electron chi connectivity index (χ0n) is 11.5. The van der Waals surface area contributed by atoms with Gasteiger partial charge >= 0.3 is 0 Å². The highest BCUT2D eigenvalue weighted by atomic mass is 79.9. The van der Waals surface area contributed by atoms with Gasteiger partial charge in [-0.1, -0.05) is 28.1 Å². The quantitative estimate of drug-likeness (QED) is 0.780. The lowest BCUT2D eigenvalue weighted by atomic mass is 10.1. The molecule has 0 spiro atoms. The summed E-state index contributed by atoms with van der Waals surface area (Å²) < 4.78 is 1.05. The van der Waals surface area contributed by atoms with Crippen LogP contribution in [0.15, 0.2) is 34.8 Å². The molecular weight excluding hydrogens is 318 g/mol. The Labute approximate surface area is 127 Å². The minimum atomic E-state index is 0.122. The predicted molar refractivity (Wildman–Crippen MR) is 86.8 cm³/mol. The molecule has 6 heteroatoms. The fourth-order valence-electron chi connectivity index (χ4n) is 1.89. The van der Waals surface area contributed by atoms with Crippen molar-refractivity contribution in [3.8, 4) is 0 Å². The molecule has 1 heterocycles. The molecule has 5 nitrogen and oxygen atoms in total. The summed E-state index contributed by atoms with van der Waals surface area (Å²) in [5, 5.41) is 6.47. The van der Waals surface area contributed by atoms with E-state index in [4.69, 9.17) is 5.73 Å². The number of anilines is 3. The molecule has 4 N–H and O–H groups in total. The summed E-state index contributed by atoms with van der Waals surface area (Å²) in [6.07, 6.45) is 0. The number of nitrogens with one attached hydrogen (secondary N) is 2. The van der Waals surface area contributed by atoms with Crippen molar-refractivity contribution >= 4 is 33.5 Å². The molecule has 106 valence electrons. The Bertz CT molecular complexity index is 588. The molecule has 20 heavy (non-hydrogen) atoms. The van der Waals surface area contributed by atoms with Crippen molar-refractivity contribution in [3.63, 3.8) is 0 Å². The monoisotopic (exact) mass is 335 g/mol. The number of nitrogens with zero attached hydrogens (tertiary/aromatic N) is 2. The Morgan fingerprint density at radius 1 is 1.25 bits per heavy atom. The van der Waals surface area contributed by atoms with E-state index < -0.39 is 0 Å². The molecule has 0 saturated carbocycles. The fraction of sp³-hybridized carbons (Fsp3) is 0.286. The van der Waals surface area contributed by atoms with E-state index in [1.807, 2.05) is 25.1 Å². The van der Waals surface area contributed by atoms with Crippen LogP contribution in [-0.4, -0.2) is 16.5 Å². The zero-order chi connectivity index (χ0) is 14.5. The summed E-state index contributed by atoms with van der Waals surface area (Å²) in [7, 11) is 0. The largest absolute Gasteiger partial charge is 0.370 e. The van der Waals surface area contributed by atoms with Crippen LogP contribution in [0, 0.1) is 0 Å². The molecule has 1 atom stereocenters. The summed E-state index contributed by atoms with van der Waals surface area (Å²) in [6.45, 7) is 4.87. The van der Waals surface area contributed by atoms with Gasteiger partial charge in [-0.3, -0.25) is 0 Å². The van der Waals surface area contributed by atoms with Crippen molar-refractivity contribution in [1.29, 1.82) is 0 Å². The predicted octanol–water partition coefficient (Wildman–Crippen LogP) is 3.43. The molecule has 2 aromatic rings. The summed E-state index contributed by atoms with van der Waals surface area (Å²) in [5.41, 5.74) is 6.89. The molecule has 1 aromatic carbocycles. The molecule has 0 aliphatic heterocycles. The van der Waals surface area contributed by atoms with E-state index in [2.05, 4.69) is 55.6 Å². The van der Waals surface area contributed by atoms with Gasteiger partial charge in [0.2, 0.25) is 5.95 Å². The molecule has 1 unspecified atom stereocenters. The first-order valence-electron chi connectivity index (χ1n) is 6.49. The second-order valence-electron chi connectivity index (χ2n) is 4.45. The lowest BCUT2D eigenvalue weighted by Crippen LogP contribution is -2.11. The van der Waals surface area contributed by atoms with Crippen molar-refractivity contribution in [1.82, 2.24) is 9.97 Å². The third-order valence-corrected chi connectivity index (χ3v) is 3.31. The van der Waals surface area contributed by atoms with E-state index in [1.165, 1.54) is 5.56 Å². The van der Waals surface area contributed by atoms with Crippen molar-refractivity contribution in [2.24, 2.45) is 0 Å². The van der Waals surface area contributed by atoms with Gasteiger partial charge in [0.15, 0.2) is 0 Å². The molecule has 0 aliphatic rings. The van der Waals surface area contributed by atoms with E-state index in [0.29, 0.717) is 5.82 Å². The zero-order valence-corrected chi connectivity index (χ0v) is 13.1. The molecule has 0 amide bonds. The number of halogens is 1. The number of nitrogen functional groups attached to an aromatic ring is 1. The van der Waals surface area contributed by atoms with Gasteiger partial charge < -0.3 is 16.4 Å². The molecule has 0 radical (unpaired) electrons. The molecule has 0 aliphatic carbocycles. The van der Waals surface area contributed by atoms with E-state index in [-0.39, 0.29) is 12.0 Å². The third kappa shape index (κ3) is 3.84. The van der Waals surface area contributed by atoms with E-state index in [9.17, 15) is 0 Å². The van der Waals surface area contributed by atoms with Crippen LogP contribution in [0.3, 0.4) is 0 Å².